The SMILES string of the molecule is C=CCC#CCCC(=O)OCC(Cl)(Cl)Cl. The zero-order valence-corrected chi connectivity index (χ0v) is 10.3. The van der Waals surface area contributed by atoms with Crippen LogP contribution in [0.5, 0.6) is 0 Å². The van der Waals surface area contributed by atoms with E-state index in [2.05, 4.69) is 18.4 Å². The van der Waals surface area contributed by atoms with Crippen LogP contribution in [0.3, 0.4) is 0 Å². The van der Waals surface area contributed by atoms with Gasteiger partial charge in [-0.1, -0.05) is 46.8 Å². The van der Waals surface area contributed by atoms with E-state index in [0.29, 0.717) is 12.8 Å². The van der Waals surface area contributed by atoms with Gasteiger partial charge in [0.15, 0.2) is 0 Å². The highest BCUT2D eigenvalue weighted by Crippen LogP contribution is 2.25. The van der Waals surface area contributed by atoms with Gasteiger partial charge in [0.2, 0.25) is 3.79 Å². The molecule has 0 heterocycles. The molecule has 5 heteroatoms. The fraction of sp³-hybridized carbons (Fsp3) is 0.500. The number of hydrogen-bond acceptors (Lipinski definition) is 2. The summed E-state index contributed by atoms with van der Waals surface area (Å²) in [7, 11) is 0. The van der Waals surface area contributed by atoms with Crippen molar-refractivity contribution in [1.82, 2.24) is 0 Å². The third kappa shape index (κ3) is 11.6. The van der Waals surface area contributed by atoms with E-state index in [1.807, 2.05) is 0 Å². The molecule has 0 atom stereocenters. The number of hydrogen-bond donors (Lipinski definition) is 0. The molecule has 0 aliphatic carbocycles. The smallest absolute Gasteiger partial charge is 0.306 e. The lowest BCUT2D eigenvalue weighted by Crippen LogP contribution is -2.16. The van der Waals surface area contributed by atoms with Gasteiger partial charge in [-0.2, -0.15) is 0 Å². The minimum Gasteiger partial charge on any atom is -0.461 e. The summed E-state index contributed by atoms with van der Waals surface area (Å²) in [5.41, 5.74) is 0. The maximum Gasteiger partial charge on any atom is 0.306 e. The summed E-state index contributed by atoms with van der Waals surface area (Å²) in [4.78, 5) is 11.0. The number of esters is 1. The fourth-order valence-corrected chi connectivity index (χ4v) is 0.795. The van der Waals surface area contributed by atoms with E-state index in [1.165, 1.54) is 0 Å². The Morgan fingerprint density at radius 1 is 1.40 bits per heavy atom. The Bertz CT molecular complexity index is 271. The van der Waals surface area contributed by atoms with E-state index >= 15 is 0 Å². The van der Waals surface area contributed by atoms with Gasteiger partial charge in [-0.25, -0.2) is 0 Å². The predicted molar refractivity (Wildman–Crippen MR) is 63.1 cm³/mol. The highest BCUT2D eigenvalue weighted by atomic mass is 35.6. The van der Waals surface area contributed by atoms with Crippen molar-refractivity contribution in [1.29, 1.82) is 0 Å². The molecule has 0 aliphatic heterocycles. The number of carbonyl (C=O) groups excluding carboxylic acids is 1. The molecule has 0 aliphatic rings. The molecule has 15 heavy (non-hydrogen) atoms. The van der Waals surface area contributed by atoms with Crippen molar-refractivity contribution in [3.8, 4) is 11.8 Å². The second-order valence-electron chi connectivity index (χ2n) is 2.62. The number of carbonyl (C=O) groups is 1. The molecular weight excluding hydrogens is 258 g/mol. The maximum atomic E-state index is 11.0. The highest BCUT2D eigenvalue weighted by molar-refractivity contribution is 6.67. The first kappa shape index (κ1) is 14.6. The number of allylic oxidation sites excluding steroid dienone is 1. The summed E-state index contributed by atoms with van der Waals surface area (Å²) in [5, 5.41) is 0. The Morgan fingerprint density at radius 2 is 2.07 bits per heavy atom. The van der Waals surface area contributed by atoms with Gasteiger partial charge in [0, 0.05) is 12.8 Å². The van der Waals surface area contributed by atoms with Crippen LogP contribution in [0.1, 0.15) is 19.3 Å². The molecule has 0 amide bonds. The van der Waals surface area contributed by atoms with Gasteiger partial charge >= 0.3 is 5.97 Å². The van der Waals surface area contributed by atoms with Crippen LogP contribution < -0.4 is 0 Å². The zero-order chi connectivity index (χ0) is 11.7. The Balaban J connectivity index is 3.60. The van der Waals surface area contributed by atoms with Gasteiger partial charge in [0.05, 0.1) is 6.42 Å². The summed E-state index contributed by atoms with van der Waals surface area (Å²) >= 11 is 16.2. The number of rotatable bonds is 4. The average Bonchev–Trinajstić information content (AvgIpc) is 2.13. The number of alkyl halides is 3. The van der Waals surface area contributed by atoms with E-state index < -0.39 is 9.76 Å². The van der Waals surface area contributed by atoms with Crippen molar-refractivity contribution in [3.63, 3.8) is 0 Å². The normalized spacial score (nSPS) is 10.1. The van der Waals surface area contributed by atoms with Crippen LogP contribution in [0.15, 0.2) is 12.7 Å². The molecule has 0 saturated heterocycles. The molecule has 2 nitrogen and oxygen atoms in total. The van der Waals surface area contributed by atoms with Crippen LogP contribution in [0.25, 0.3) is 0 Å². The first-order valence-corrected chi connectivity index (χ1v) is 5.38. The van der Waals surface area contributed by atoms with Crippen LogP contribution in [-0.2, 0) is 9.53 Å². The Kier molecular flexibility index (Phi) is 7.68. The van der Waals surface area contributed by atoms with Gasteiger partial charge in [0.1, 0.15) is 6.61 Å². The molecule has 0 N–H and O–H groups in total. The van der Waals surface area contributed by atoms with E-state index in [0.717, 1.165) is 0 Å². The Hall–Kier alpha value is -0.360. The summed E-state index contributed by atoms with van der Waals surface area (Å²) < 4.78 is 3.14. The highest BCUT2D eigenvalue weighted by Gasteiger charge is 2.21. The summed E-state index contributed by atoms with van der Waals surface area (Å²) in [6, 6.07) is 0. The van der Waals surface area contributed by atoms with E-state index in [1.54, 1.807) is 6.08 Å². The second kappa shape index (κ2) is 7.87. The van der Waals surface area contributed by atoms with Gasteiger partial charge in [-0.15, -0.1) is 12.5 Å². The van der Waals surface area contributed by atoms with Gasteiger partial charge in [-0.3, -0.25) is 4.79 Å². The van der Waals surface area contributed by atoms with Crippen molar-refractivity contribution in [3.05, 3.63) is 12.7 Å². The third-order valence-electron chi connectivity index (χ3n) is 1.22. The molecule has 0 aromatic rings. The molecule has 0 spiro atoms. The Morgan fingerprint density at radius 3 is 2.60 bits per heavy atom. The third-order valence-corrected chi connectivity index (χ3v) is 1.55. The van der Waals surface area contributed by atoms with E-state index in [9.17, 15) is 4.79 Å². The standard InChI is InChI=1S/C10H11Cl3O2/c1-2-3-4-5-6-7-9(14)15-8-10(11,12)13/h2H,1,3,6-8H2. The molecular formula is C10H11Cl3O2. The van der Waals surface area contributed by atoms with Crippen LogP contribution in [0.4, 0.5) is 0 Å². The van der Waals surface area contributed by atoms with Crippen molar-refractivity contribution < 1.29 is 9.53 Å². The molecule has 0 fully saturated rings. The predicted octanol–water partition coefficient (Wildman–Crippen LogP) is 3.26. The molecule has 84 valence electrons. The lowest BCUT2D eigenvalue weighted by Gasteiger charge is -2.10. The van der Waals surface area contributed by atoms with Crippen LogP contribution >= 0.6 is 34.8 Å². The van der Waals surface area contributed by atoms with Crippen molar-refractivity contribution in [2.75, 3.05) is 6.61 Å². The monoisotopic (exact) mass is 268 g/mol. The van der Waals surface area contributed by atoms with Crippen molar-refractivity contribution in [2.45, 2.75) is 23.1 Å². The largest absolute Gasteiger partial charge is 0.461 e. The topological polar surface area (TPSA) is 26.3 Å². The quantitative estimate of drug-likeness (QED) is 0.339. The van der Waals surface area contributed by atoms with Crippen LogP contribution in [-0.4, -0.2) is 16.4 Å². The van der Waals surface area contributed by atoms with Gasteiger partial charge in [-0.05, 0) is 0 Å². The van der Waals surface area contributed by atoms with Crippen LogP contribution in [0, 0.1) is 11.8 Å². The summed E-state index contributed by atoms with van der Waals surface area (Å²) in [6.07, 6.45) is 2.94. The van der Waals surface area contributed by atoms with Gasteiger partial charge in [0.25, 0.3) is 0 Å². The molecule has 0 radical (unpaired) electrons. The molecule has 0 aromatic carbocycles. The van der Waals surface area contributed by atoms with E-state index in [-0.39, 0.29) is 13.0 Å². The minimum atomic E-state index is -1.55. The molecule has 0 rings (SSSR count). The first-order chi connectivity index (χ1) is 6.95. The van der Waals surface area contributed by atoms with Crippen LogP contribution in [0.2, 0.25) is 0 Å². The average molecular weight is 270 g/mol. The summed E-state index contributed by atoms with van der Waals surface area (Å²) in [6.45, 7) is 3.27. The lowest BCUT2D eigenvalue weighted by molar-refractivity contribution is -0.143. The van der Waals surface area contributed by atoms with Crippen molar-refractivity contribution >= 4 is 40.8 Å². The second-order valence-corrected chi connectivity index (χ2v) is 5.14. The number of ether oxygens (including phenoxy) is 1. The lowest BCUT2D eigenvalue weighted by atomic mass is 10.3. The summed E-state index contributed by atoms with van der Waals surface area (Å²) in [5.74, 6) is 5.18. The fourth-order valence-electron chi connectivity index (χ4n) is 0.632. The Labute approximate surface area is 105 Å². The minimum absolute atomic E-state index is 0.199. The molecule has 0 bridgehead atoms. The molecule has 0 unspecified atom stereocenters. The number of halogens is 3. The maximum absolute atomic E-state index is 11.0. The van der Waals surface area contributed by atoms with E-state index in [4.69, 9.17) is 39.5 Å². The van der Waals surface area contributed by atoms with Gasteiger partial charge < -0.3 is 4.74 Å². The molecule has 0 aromatic heterocycles. The van der Waals surface area contributed by atoms with Crippen molar-refractivity contribution in [2.24, 2.45) is 0 Å². The zero-order valence-electron chi connectivity index (χ0n) is 8.06. The molecule has 0 saturated carbocycles. The first-order valence-electron chi connectivity index (χ1n) is 4.24.